The summed E-state index contributed by atoms with van der Waals surface area (Å²) in [5.74, 6) is 1.76. The van der Waals surface area contributed by atoms with Crippen LogP contribution in [0.2, 0.25) is 10.0 Å². The number of ether oxygens (including phenoxy) is 2. The molecule has 1 aliphatic heterocycles. The van der Waals surface area contributed by atoms with Gasteiger partial charge in [-0.25, -0.2) is 0 Å². The topological polar surface area (TPSA) is 64.8 Å². The molecule has 7 rings (SSSR count). The number of anilines is 1. The molecule has 3 aliphatic carbocycles. The number of piperidine rings is 1. The maximum atomic E-state index is 12.2. The molecule has 0 amide bonds. The number of carbonyl (C=O) groups excluding carboxylic acids is 1. The summed E-state index contributed by atoms with van der Waals surface area (Å²) < 4.78 is 17.7. The van der Waals surface area contributed by atoms with E-state index in [-0.39, 0.29) is 18.0 Å². The zero-order chi connectivity index (χ0) is 27.4. The predicted molar refractivity (Wildman–Crippen MR) is 155 cm³/mol. The molecule has 210 valence electrons. The minimum Gasteiger partial charge on any atom is -0.466 e. The summed E-state index contributed by atoms with van der Waals surface area (Å²) in [6, 6.07) is 12.8. The number of hydrogen-bond acceptors (Lipinski definition) is 6. The van der Waals surface area contributed by atoms with Crippen LogP contribution in [-0.2, 0) is 33.7 Å². The first-order valence-corrected chi connectivity index (χ1v) is 15.3. The van der Waals surface area contributed by atoms with Crippen LogP contribution in [0.4, 0.5) is 5.69 Å². The first kappa shape index (κ1) is 26.4. The van der Waals surface area contributed by atoms with E-state index in [1.807, 2.05) is 25.1 Å². The van der Waals surface area contributed by atoms with E-state index >= 15 is 0 Å². The highest BCUT2D eigenvalue weighted by atomic mass is 35.5. The molecule has 0 unspecified atom stereocenters. The smallest absolute Gasteiger partial charge is 0.309 e. The second-order valence-electron chi connectivity index (χ2n) is 11.8. The second kappa shape index (κ2) is 10.7. The van der Waals surface area contributed by atoms with Gasteiger partial charge in [-0.15, -0.1) is 0 Å². The number of nitrogens with zero attached hydrogens (tertiary/aromatic N) is 2. The standard InChI is InChI=1S/C32H34Cl2N2O4/c1-2-38-32(37)21-9-8-20-13-23(11-10-19(20)12-21)36-16-22-14-24(36)15-28(22)39-17-25-30(35-40-31(25)18-6-7-18)29-26(33)4-3-5-27(29)34/h3-5,10-11,13,18,21-22,24,28H,2,6-9,12,14-17H2,1H3/t21-,22+,24+,28-/m1/s1. The van der Waals surface area contributed by atoms with E-state index in [0.717, 1.165) is 68.4 Å². The molecule has 0 radical (unpaired) electrons. The molecule has 0 N–H and O–H groups in total. The average Bonchev–Trinajstić information content (AvgIpc) is 3.40. The van der Waals surface area contributed by atoms with Crippen LogP contribution in [0.25, 0.3) is 11.3 Å². The monoisotopic (exact) mass is 580 g/mol. The SMILES string of the molecule is CCOC(=O)[C@@H]1CCc2cc(N3C[C@@H]4C[C@H]3C[C@H]4OCc3c(-c4c(Cl)cccc4Cl)noc3C3CC3)ccc2C1. The van der Waals surface area contributed by atoms with E-state index in [4.69, 9.17) is 37.2 Å². The number of esters is 1. The highest BCUT2D eigenvalue weighted by Crippen LogP contribution is 2.47. The van der Waals surface area contributed by atoms with Crippen LogP contribution in [0.5, 0.6) is 0 Å². The van der Waals surface area contributed by atoms with Crippen LogP contribution in [-0.4, -0.2) is 36.4 Å². The Balaban J connectivity index is 1.03. The number of rotatable bonds is 8. The van der Waals surface area contributed by atoms with Gasteiger partial charge in [-0.2, -0.15) is 0 Å². The molecule has 1 saturated heterocycles. The highest BCUT2D eigenvalue weighted by molar-refractivity contribution is 6.39. The van der Waals surface area contributed by atoms with E-state index in [1.165, 1.54) is 16.8 Å². The summed E-state index contributed by atoms with van der Waals surface area (Å²) in [6.45, 7) is 3.78. The van der Waals surface area contributed by atoms with Crippen molar-refractivity contribution in [3.63, 3.8) is 0 Å². The molecule has 3 fully saturated rings. The van der Waals surface area contributed by atoms with Crippen molar-refractivity contribution in [2.45, 2.75) is 76.5 Å². The van der Waals surface area contributed by atoms with E-state index in [2.05, 4.69) is 28.3 Å². The van der Waals surface area contributed by atoms with Crippen LogP contribution in [0.15, 0.2) is 40.9 Å². The van der Waals surface area contributed by atoms with Gasteiger partial charge >= 0.3 is 5.97 Å². The zero-order valence-corrected chi connectivity index (χ0v) is 24.2. The van der Waals surface area contributed by atoms with Crippen LogP contribution >= 0.6 is 23.2 Å². The number of aryl methyl sites for hydroxylation is 1. The third-order valence-electron chi connectivity index (χ3n) is 9.25. The van der Waals surface area contributed by atoms with Crippen molar-refractivity contribution in [2.75, 3.05) is 18.1 Å². The molecule has 1 aromatic heterocycles. The maximum absolute atomic E-state index is 12.2. The molecule has 0 spiro atoms. The van der Waals surface area contributed by atoms with Crippen molar-refractivity contribution in [1.29, 1.82) is 0 Å². The van der Waals surface area contributed by atoms with Crippen molar-refractivity contribution in [3.05, 3.63) is 68.9 Å². The minimum absolute atomic E-state index is 0.0145. The molecule has 6 nitrogen and oxygen atoms in total. The summed E-state index contributed by atoms with van der Waals surface area (Å²) in [4.78, 5) is 14.8. The van der Waals surface area contributed by atoms with Crippen molar-refractivity contribution >= 4 is 34.9 Å². The number of benzene rings is 2. The number of carbonyl (C=O) groups is 1. The third kappa shape index (κ3) is 4.82. The van der Waals surface area contributed by atoms with Crippen LogP contribution in [0, 0.1) is 11.8 Å². The average molecular weight is 582 g/mol. The first-order valence-electron chi connectivity index (χ1n) is 14.6. The second-order valence-corrected chi connectivity index (χ2v) is 12.6. The number of aromatic nitrogens is 1. The van der Waals surface area contributed by atoms with Gasteiger partial charge in [0.25, 0.3) is 0 Å². The Kier molecular flexibility index (Phi) is 7.05. The van der Waals surface area contributed by atoms with Gasteiger partial charge < -0.3 is 18.9 Å². The first-order chi connectivity index (χ1) is 19.5. The normalized spacial score (nSPS) is 25.3. The van der Waals surface area contributed by atoms with Gasteiger partial charge in [0.15, 0.2) is 0 Å². The Hall–Kier alpha value is -2.54. The van der Waals surface area contributed by atoms with E-state index in [0.29, 0.717) is 46.8 Å². The fourth-order valence-corrected chi connectivity index (χ4v) is 7.62. The molecule has 4 atom stereocenters. The summed E-state index contributed by atoms with van der Waals surface area (Å²) in [5, 5.41) is 5.56. The van der Waals surface area contributed by atoms with Crippen molar-refractivity contribution < 1.29 is 18.8 Å². The number of hydrogen-bond donors (Lipinski definition) is 0. The maximum Gasteiger partial charge on any atom is 0.309 e. The molecular weight excluding hydrogens is 547 g/mol. The Labute approximate surface area is 244 Å². The third-order valence-corrected chi connectivity index (χ3v) is 9.88. The van der Waals surface area contributed by atoms with Gasteiger partial charge in [-0.3, -0.25) is 4.79 Å². The largest absolute Gasteiger partial charge is 0.466 e. The summed E-state index contributed by atoms with van der Waals surface area (Å²) in [6.07, 6.45) is 7.18. The number of fused-ring (bicyclic) bond motifs is 3. The Morgan fingerprint density at radius 3 is 2.65 bits per heavy atom. The summed E-state index contributed by atoms with van der Waals surface area (Å²) in [5.41, 5.74) is 6.38. The van der Waals surface area contributed by atoms with Gasteiger partial charge in [0.1, 0.15) is 11.5 Å². The molecule has 2 aromatic carbocycles. The van der Waals surface area contributed by atoms with Crippen molar-refractivity contribution in [3.8, 4) is 11.3 Å². The summed E-state index contributed by atoms with van der Waals surface area (Å²) >= 11 is 13.1. The van der Waals surface area contributed by atoms with Crippen molar-refractivity contribution in [1.82, 2.24) is 5.16 Å². The van der Waals surface area contributed by atoms with Crippen LogP contribution < -0.4 is 4.90 Å². The molecular formula is C32H34Cl2N2O4. The lowest BCUT2D eigenvalue weighted by Gasteiger charge is -2.34. The van der Waals surface area contributed by atoms with Crippen LogP contribution in [0.3, 0.4) is 0 Å². The highest BCUT2D eigenvalue weighted by Gasteiger charge is 2.46. The minimum atomic E-state index is -0.0577. The molecule has 2 heterocycles. The quantitative estimate of drug-likeness (QED) is 0.259. The Morgan fingerprint density at radius 1 is 1.10 bits per heavy atom. The van der Waals surface area contributed by atoms with Gasteiger partial charge in [0, 0.05) is 41.2 Å². The van der Waals surface area contributed by atoms with Crippen LogP contribution in [0.1, 0.15) is 67.4 Å². The lowest BCUT2D eigenvalue weighted by molar-refractivity contribution is -0.148. The molecule has 8 heteroatoms. The molecule has 2 saturated carbocycles. The summed E-state index contributed by atoms with van der Waals surface area (Å²) in [7, 11) is 0. The molecule has 4 aliphatic rings. The molecule has 2 bridgehead atoms. The van der Waals surface area contributed by atoms with Gasteiger partial charge in [-0.05, 0) is 87.3 Å². The Bertz CT molecular complexity index is 1410. The van der Waals surface area contributed by atoms with E-state index in [1.54, 1.807) is 0 Å². The van der Waals surface area contributed by atoms with Gasteiger partial charge in [-0.1, -0.05) is 40.5 Å². The zero-order valence-electron chi connectivity index (χ0n) is 22.7. The number of halogens is 2. The van der Waals surface area contributed by atoms with Gasteiger partial charge in [0.2, 0.25) is 0 Å². The van der Waals surface area contributed by atoms with Gasteiger partial charge in [0.05, 0.1) is 35.3 Å². The fraction of sp³-hybridized carbons (Fsp3) is 0.500. The van der Waals surface area contributed by atoms with Crippen molar-refractivity contribution in [2.24, 2.45) is 11.8 Å². The fourth-order valence-electron chi connectivity index (χ4n) is 7.05. The lowest BCUT2D eigenvalue weighted by Crippen LogP contribution is -2.38. The lowest BCUT2D eigenvalue weighted by atomic mass is 9.83. The van der Waals surface area contributed by atoms with E-state index < -0.39 is 0 Å². The molecule has 3 aromatic rings. The predicted octanol–water partition coefficient (Wildman–Crippen LogP) is 7.38. The molecule has 40 heavy (non-hydrogen) atoms. The Morgan fingerprint density at radius 2 is 1.93 bits per heavy atom. The van der Waals surface area contributed by atoms with E-state index in [9.17, 15) is 4.79 Å².